The highest BCUT2D eigenvalue weighted by Crippen LogP contribution is 2.31. The van der Waals surface area contributed by atoms with Gasteiger partial charge in [0.15, 0.2) is 5.82 Å². The van der Waals surface area contributed by atoms with Crippen molar-refractivity contribution in [1.29, 1.82) is 0 Å². The lowest BCUT2D eigenvalue weighted by Crippen LogP contribution is -2.18. The summed E-state index contributed by atoms with van der Waals surface area (Å²) in [6.07, 6.45) is 0. The maximum Gasteiger partial charge on any atom is 0.233 e. The number of rotatable bonds is 3. The highest BCUT2D eigenvalue weighted by atomic mass is 127. The first kappa shape index (κ1) is 15.9. The summed E-state index contributed by atoms with van der Waals surface area (Å²) in [5.74, 6) is 1.82. The third-order valence-corrected chi connectivity index (χ3v) is 3.90. The average molecular weight is 399 g/mol. The van der Waals surface area contributed by atoms with Gasteiger partial charge in [-0.25, -0.2) is 9.97 Å². The first-order chi connectivity index (χ1) is 9.86. The first-order valence-electron chi connectivity index (χ1n) is 6.50. The lowest BCUT2D eigenvalue weighted by atomic mass is 9.92. The van der Waals surface area contributed by atoms with E-state index in [9.17, 15) is 0 Å². The van der Waals surface area contributed by atoms with E-state index in [1.807, 2.05) is 7.05 Å². The maximum absolute atomic E-state index is 5.02. The molecule has 0 unspecified atom stereocenters. The third-order valence-electron chi connectivity index (χ3n) is 2.88. The SMILES string of the molecule is CNc1nc(-c2ccc(OC)nn2)nc(C(C)(C)C)c1I. The van der Waals surface area contributed by atoms with E-state index in [0.29, 0.717) is 17.4 Å². The van der Waals surface area contributed by atoms with Gasteiger partial charge in [-0.15, -0.1) is 10.2 Å². The van der Waals surface area contributed by atoms with Gasteiger partial charge in [0.1, 0.15) is 11.5 Å². The summed E-state index contributed by atoms with van der Waals surface area (Å²) in [4.78, 5) is 9.19. The minimum absolute atomic E-state index is 0.0836. The highest BCUT2D eigenvalue weighted by molar-refractivity contribution is 14.1. The smallest absolute Gasteiger partial charge is 0.233 e. The van der Waals surface area contributed by atoms with E-state index in [4.69, 9.17) is 4.74 Å². The number of methoxy groups -OCH3 is 1. The van der Waals surface area contributed by atoms with Crippen molar-refractivity contribution >= 4 is 28.4 Å². The number of hydrogen-bond donors (Lipinski definition) is 1. The molecule has 2 heterocycles. The lowest BCUT2D eigenvalue weighted by Gasteiger charge is -2.21. The predicted octanol–water partition coefficient (Wildman–Crippen LogP) is 2.89. The molecule has 0 radical (unpaired) electrons. The molecule has 0 aliphatic heterocycles. The fraction of sp³-hybridized carbons (Fsp3) is 0.429. The summed E-state index contributed by atoms with van der Waals surface area (Å²) in [5.41, 5.74) is 1.52. The Morgan fingerprint density at radius 1 is 1.14 bits per heavy atom. The van der Waals surface area contributed by atoms with Gasteiger partial charge in [0.05, 0.1) is 16.4 Å². The summed E-state index contributed by atoms with van der Waals surface area (Å²) in [6, 6.07) is 3.55. The van der Waals surface area contributed by atoms with E-state index >= 15 is 0 Å². The molecule has 2 aromatic heterocycles. The molecule has 0 fully saturated rings. The second-order valence-corrected chi connectivity index (χ2v) is 6.60. The van der Waals surface area contributed by atoms with Crippen LogP contribution in [0.3, 0.4) is 0 Å². The van der Waals surface area contributed by atoms with Crippen LogP contribution in [0, 0.1) is 3.57 Å². The Labute approximate surface area is 137 Å². The molecular formula is C14H18IN5O. The summed E-state index contributed by atoms with van der Waals surface area (Å²) in [7, 11) is 3.41. The fourth-order valence-corrected chi connectivity index (χ4v) is 3.09. The molecule has 0 atom stereocenters. The topological polar surface area (TPSA) is 72.8 Å². The summed E-state index contributed by atoms with van der Waals surface area (Å²) >= 11 is 2.27. The van der Waals surface area contributed by atoms with E-state index in [1.54, 1.807) is 19.2 Å². The van der Waals surface area contributed by atoms with Crippen LogP contribution < -0.4 is 10.1 Å². The molecule has 0 bridgehead atoms. The molecule has 0 aliphatic rings. The van der Waals surface area contributed by atoms with Crippen LogP contribution >= 0.6 is 22.6 Å². The molecule has 0 saturated heterocycles. The van der Waals surface area contributed by atoms with Crippen molar-refractivity contribution in [2.24, 2.45) is 0 Å². The number of aromatic nitrogens is 4. The number of nitrogens with zero attached hydrogens (tertiary/aromatic N) is 4. The van der Waals surface area contributed by atoms with Crippen molar-refractivity contribution in [1.82, 2.24) is 20.2 Å². The molecule has 1 N–H and O–H groups in total. The molecule has 0 aliphatic carbocycles. The largest absolute Gasteiger partial charge is 0.480 e. The molecular weight excluding hydrogens is 381 g/mol. The van der Waals surface area contributed by atoms with Crippen molar-refractivity contribution in [3.63, 3.8) is 0 Å². The molecule has 0 amide bonds. The minimum atomic E-state index is -0.0836. The van der Waals surface area contributed by atoms with Crippen LogP contribution in [-0.2, 0) is 5.41 Å². The number of ether oxygens (including phenoxy) is 1. The average Bonchev–Trinajstić information content (AvgIpc) is 2.46. The van der Waals surface area contributed by atoms with Crippen molar-refractivity contribution in [3.05, 3.63) is 21.4 Å². The van der Waals surface area contributed by atoms with Crippen LogP contribution in [0.2, 0.25) is 0 Å². The van der Waals surface area contributed by atoms with E-state index in [-0.39, 0.29) is 5.41 Å². The van der Waals surface area contributed by atoms with Gasteiger partial charge in [-0.1, -0.05) is 20.8 Å². The molecule has 0 aromatic carbocycles. The van der Waals surface area contributed by atoms with Gasteiger partial charge < -0.3 is 10.1 Å². The standard InChI is InChI=1S/C14H18IN5O/c1-14(2,3)11-10(15)13(16-4)18-12(17-11)8-6-7-9(21-5)20-19-8/h6-7H,1-5H3,(H,16,17,18). The zero-order valence-corrected chi connectivity index (χ0v) is 14.9. The molecule has 21 heavy (non-hydrogen) atoms. The minimum Gasteiger partial charge on any atom is -0.480 e. The second kappa shape index (κ2) is 6.08. The summed E-state index contributed by atoms with van der Waals surface area (Å²) < 4.78 is 6.04. The van der Waals surface area contributed by atoms with Crippen LogP contribution in [0.25, 0.3) is 11.5 Å². The van der Waals surface area contributed by atoms with Crippen LogP contribution in [0.5, 0.6) is 5.88 Å². The number of hydrogen-bond acceptors (Lipinski definition) is 6. The Bertz CT molecular complexity index is 637. The molecule has 0 spiro atoms. The molecule has 112 valence electrons. The zero-order valence-electron chi connectivity index (χ0n) is 12.7. The van der Waals surface area contributed by atoms with E-state index in [0.717, 1.165) is 15.1 Å². The van der Waals surface area contributed by atoms with Gasteiger partial charge in [-0.05, 0) is 28.7 Å². The normalized spacial score (nSPS) is 11.3. The van der Waals surface area contributed by atoms with Gasteiger partial charge in [-0.3, -0.25) is 0 Å². The Morgan fingerprint density at radius 2 is 1.86 bits per heavy atom. The van der Waals surface area contributed by atoms with E-state index in [2.05, 4.69) is 68.8 Å². The van der Waals surface area contributed by atoms with Gasteiger partial charge in [0, 0.05) is 18.5 Å². The second-order valence-electron chi connectivity index (χ2n) is 5.52. The van der Waals surface area contributed by atoms with E-state index in [1.165, 1.54) is 0 Å². The molecule has 6 nitrogen and oxygen atoms in total. The van der Waals surface area contributed by atoms with Gasteiger partial charge >= 0.3 is 0 Å². The Balaban J connectivity index is 2.58. The molecule has 2 aromatic rings. The summed E-state index contributed by atoms with van der Waals surface area (Å²) in [5, 5.41) is 11.2. The quantitative estimate of drug-likeness (QED) is 0.801. The van der Waals surface area contributed by atoms with Gasteiger partial charge in [0.25, 0.3) is 0 Å². The zero-order chi connectivity index (χ0) is 15.6. The lowest BCUT2D eigenvalue weighted by molar-refractivity contribution is 0.392. The Hall–Kier alpha value is -1.51. The molecule has 2 rings (SSSR count). The number of halogens is 1. The highest BCUT2D eigenvalue weighted by Gasteiger charge is 2.23. The molecule has 7 heteroatoms. The van der Waals surface area contributed by atoms with Crippen LogP contribution in [0.15, 0.2) is 12.1 Å². The van der Waals surface area contributed by atoms with Crippen molar-refractivity contribution in [2.75, 3.05) is 19.5 Å². The number of anilines is 1. The third kappa shape index (κ3) is 3.39. The van der Waals surface area contributed by atoms with E-state index < -0.39 is 0 Å². The monoisotopic (exact) mass is 399 g/mol. The Morgan fingerprint density at radius 3 is 2.33 bits per heavy atom. The summed E-state index contributed by atoms with van der Waals surface area (Å²) in [6.45, 7) is 6.38. The van der Waals surface area contributed by atoms with Crippen molar-refractivity contribution in [3.8, 4) is 17.4 Å². The van der Waals surface area contributed by atoms with Crippen molar-refractivity contribution < 1.29 is 4.74 Å². The van der Waals surface area contributed by atoms with Crippen molar-refractivity contribution in [2.45, 2.75) is 26.2 Å². The Kier molecular flexibility index (Phi) is 4.60. The van der Waals surface area contributed by atoms with Crippen LogP contribution in [0.1, 0.15) is 26.5 Å². The van der Waals surface area contributed by atoms with Gasteiger partial charge in [0.2, 0.25) is 5.88 Å². The number of nitrogens with one attached hydrogen (secondary N) is 1. The predicted molar refractivity (Wildman–Crippen MR) is 90.6 cm³/mol. The fourth-order valence-electron chi connectivity index (χ4n) is 1.77. The van der Waals surface area contributed by atoms with Gasteiger partial charge in [-0.2, -0.15) is 0 Å². The molecule has 0 saturated carbocycles. The first-order valence-corrected chi connectivity index (χ1v) is 7.58. The van der Waals surface area contributed by atoms with Crippen LogP contribution in [-0.4, -0.2) is 34.3 Å². The van der Waals surface area contributed by atoms with Crippen LogP contribution in [0.4, 0.5) is 5.82 Å². The maximum atomic E-state index is 5.02.